The number of aromatic amines is 1. The number of nitrogens with zero attached hydrogens (tertiary/aromatic N) is 2. The molecule has 2 heterocycles. The fourth-order valence-electron chi connectivity index (χ4n) is 6.64. The molecule has 6 rings (SSSR count). The number of nitrogens with one attached hydrogen (secondary N) is 4. The minimum absolute atomic E-state index is 0.00365. The smallest absolute Gasteiger partial charge is 0.295 e. The van der Waals surface area contributed by atoms with E-state index in [0.717, 1.165) is 43.9 Å². The van der Waals surface area contributed by atoms with Crippen LogP contribution in [0.1, 0.15) is 104 Å². The van der Waals surface area contributed by atoms with Crippen molar-refractivity contribution >= 4 is 35.2 Å². The Bertz CT molecular complexity index is 1730. The summed E-state index contributed by atoms with van der Waals surface area (Å²) in [5.41, 5.74) is 0.580. The van der Waals surface area contributed by atoms with E-state index in [4.69, 9.17) is 9.57 Å². The van der Waals surface area contributed by atoms with Gasteiger partial charge in [-0.1, -0.05) is 65.9 Å². The van der Waals surface area contributed by atoms with Gasteiger partial charge < -0.3 is 30.0 Å². The highest BCUT2D eigenvalue weighted by atomic mass is 19.3. The zero-order valence-corrected chi connectivity index (χ0v) is 35.2. The number of benzene rings is 1. The van der Waals surface area contributed by atoms with E-state index < -0.39 is 28.8 Å². The normalized spacial score (nSPS) is 21.9. The van der Waals surface area contributed by atoms with Crippen LogP contribution in [0.4, 0.5) is 8.78 Å². The van der Waals surface area contributed by atoms with Crippen LogP contribution in [-0.4, -0.2) is 91.1 Å². The number of hydroxylamine groups is 1. The Morgan fingerprint density at radius 2 is 1.78 bits per heavy atom. The first-order valence-corrected chi connectivity index (χ1v) is 20.3. The van der Waals surface area contributed by atoms with Crippen LogP contribution in [0.3, 0.4) is 0 Å². The summed E-state index contributed by atoms with van der Waals surface area (Å²) in [6, 6.07) is 4.11. The van der Waals surface area contributed by atoms with Crippen molar-refractivity contribution in [2.45, 2.75) is 122 Å². The van der Waals surface area contributed by atoms with E-state index in [1.54, 1.807) is 38.5 Å². The predicted octanol–water partition coefficient (Wildman–Crippen LogP) is 5.55. The number of methoxy groups -OCH3 is 2. The van der Waals surface area contributed by atoms with Crippen LogP contribution in [0.5, 0.6) is 5.75 Å². The van der Waals surface area contributed by atoms with Crippen molar-refractivity contribution in [3.05, 3.63) is 46.9 Å². The van der Waals surface area contributed by atoms with Crippen LogP contribution in [-0.2, 0) is 34.7 Å². The van der Waals surface area contributed by atoms with Crippen LogP contribution >= 0.6 is 0 Å². The second-order valence-electron chi connectivity index (χ2n) is 16.1. The van der Waals surface area contributed by atoms with Crippen molar-refractivity contribution in [3.63, 3.8) is 0 Å². The third-order valence-electron chi connectivity index (χ3n) is 10.2. The number of likely N-dealkylation sites (tertiary alicyclic amines) is 1. The van der Waals surface area contributed by atoms with E-state index in [1.165, 1.54) is 24.9 Å². The number of rotatable bonds is 17. The molecule has 4 N–H and O–H groups in total. The monoisotopic (exact) mass is 818 g/mol. The zero-order valence-electron chi connectivity index (χ0n) is 35.2. The van der Waals surface area contributed by atoms with Crippen molar-refractivity contribution in [2.75, 3.05) is 34.4 Å². The fourth-order valence-corrected chi connectivity index (χ4v) is 6.64. The van der Waals surface area contributed by atoms with Crippen molar-refractivity contribution in [1.82, 2.24) is 31.0 Å². The molecule has 2 aromatic rings. The van der Waals surface area contributed by atoms with Crippen LogP contribution in [0.25, 0.3) is 11.0 Å². The van der Waals surface area contributed by atoms with Crippen molar-refractivity contribution in [3.8, 4) is 5.75 Å². The van der Waals surface area contributed by atoms with Gasteiger partial charge in [0.1, 0.15) is 17.3 Å². The largest absolute Gasteiger partial charge is 0.497 e. The van der Waals surface area contributed by atoms with Crippen LogP contribution in [0, 0.1) is 23.7 Å². The van der Waals surface area contributed by atoms with Gasteiger partial charge in [0.15, 0.2) is 5.69 Å². The molecular weight excluding hydrogens is 754 g/mol. The molecule has 0 radical (unpaired) electrons. The lowest BCUT2D eigenvalue weighted by Gasteiger charge is -2.29. The second-order valence-corrected chi connectivity index (χ2v) is 16.1. The third-order valence-corrected chi connectivity index (χ3v) is 10.2. The summed E-state index contributed by atoms with van der Waals surface area (Å²) < 4.78 is 37.9. The minimum Gasteiger partial charge on any atom is -0.497 e. The molecule has 1 aromatic heterocycles. The maximum Gasteiger partial charge on any atom is 0.295 e. The highest BCUT2D eigenvalue weighted by molar-refractivity contribution is 5.97. The highest BCUT2D eigenvalue weighted by Gasteiger charge is 2.61. The number of halogens is 2. The topological polar surface area (TPSA) is 181 Å². The molecule has 4 aliphatic rings. The Balaban J connectivity index is 0.000000271. The molecule has 4 unspecified atom stereocenters. The predicted molar refractivity (Wildman–Crippen MR) is 217 cm³/mol. The van der Waals surface area contributed by atoms with Gasteiger partial charge in [0.2, 0.25) is 18.2 Å². The Labute approximate surface area is 340 Å². The molecule has 0 bridgehead atoms. The summed E-state index contributed by atoms with van der Waals surface area (Å²) in [5, 5.41) is 5.22. The molecule has 58 heavy (non-hydrogen) atoms. The number of carbonyl (C=O) groups excluding carboxylic acids is 4. The van der Waals surface area contributed by atoms with E-state index in [9.17, 15) is 32.8 Å². The number of aromatic nitrogens is 2. The summed E-state index contributed by atoms with van der Waals surface area (Å²) in [6.07, 6.45) is 10.2. The summed E-state index contributed by atoms with van der Waals surface area (Å²) in [4.78, 5) is 73.8. The van der Waals surface area contributed by atoms with Crippen molar-refractivity contribution in [2.24, 2.45) is 23.7 Å². The van der Waals surface area contributed by atoms with Gasteiger partial charge >= 0.3 is 0 Å². The Morgan fingerprint density at radius 3 is 2.33 bits per heavy atom. The number of fused-ring (bicyclic) bond motifs is 1. The highest BCUT2D eigenvalue weighted by Crippen LogP contribution is 2.45. The maximum atomic E-state index is 14.3. The number of hydrogen-bond donors (Lipinski definition) is 4. The van der Waals surface area contributed by atoms with Gasteiger partial charge in [-0.15, -0.1) is 6.58 Å². The first-order chi connectivity index (χ1) is 27.6. The summed E-state index contributed by atoms with van der Waals surface area (Å²) in [5.74, 6) is -2.32. The summed E-state index contributed by atoms with van der Waals surface area (Å²) in [6.45, 7) is 12.5. The van der Waals surface area contributed by atoms with Crippen molar-refractivity contribution < 1.29 is 42.3 Å². The number of hydrogen-bond acceptors (Lipinski definition) is 9. The van der Waals surface area contributed by atoms with Gasteiger partial charge in [0.05, 0.1) is 30.8 Å². The SMILES string of the molecule is C=CC1CC1(NC(=O)C1C(CC)CCN1C(=O)CNC=O)C(=O)NOC1CC1.CC(C)C.COC.COc1ccc2nc(C(F)(F)CCCCC3CC3)c(=O)[nH]c2c1. The van der Waals surface area contributed by atoms with Crippen LogP contribution < -0.4 is 26.4 Å². The van der Waals surface area contributed by atoms with Gasteiger partial charge in [-0.25, -0.2) is 10.5 Å². The molecule has 3 saturated carbocycles. The Kier molecular flexibility index (Phi) is 18.7. The summed E-state index contributed by atoms with van der Waals surface area (Å²) >= 11 is 0. The number of unbranched alkanes of at least 4 members (excludes halogenated alkanes) is 1. The van der Waals surface area contributed by atoms with E-state index in [-0.39, 0.29) is 48.6 Å². The molecule has 1 aromatic carbocycles. The molecule has 1 saturated heterocycles. The number of H-pyrrole nitrogens is 1. The molecule has 0 spiro atoms. The van der Waals surface area contributed by atoms with Gasteiger partial charge in [0.25, 0.3) is 17.4 Å². The average Bonchev–Trinajstić information content (AvgIpc) is 4.12. The third kappa shape index (κ3) is 14.1. The quantitative estimate of drug-likeness (QED) is 0.0689. The number of alkyl halides is 2. The first kappa shape index (κ1) is 47.9. The lowest BCUT2D eigenvalue weighted by atomic mass is 9.96. The van der Waals surface area contributed by atoms with Gasteiger partial charge in [0, 0.05) is 39.2 Å². The van der Waals surface area contributed by atoms with E-state index in [0.29, 0.717) is 49.0 Å². The maximum absolute atomic E-state index is 14.3. The average molecular weight is 819 g/mol. The Morgan fingerprint density at radius 1 is 1.10 bits per heavy atom. The van der Waals surface area contributed by atoms with Crippen LogP contribution in [0.2, 0.25) is 0 Å². The molecule has 16 heteroatoms. The lowest BCUT2D eigenvalue weighted by molar-refractivity contribution is -0.144. The molecular formula is C42H64F2N6O8. The second kappa shape index (κ2) is 22.6. The molecule has 14 nitrogen and oxygen atoms in total. The van der Waals surface area contributed by atoms with Crippen LogP contribution in [0.15, 0.2) is 35.6 Å². The molecule has 3 aliphatic carbocycles. The van der Waals surface area contributed by atoms with Gasteiger partial charge in [-0.2, -0.15) is 8.78 Å². The fraction of sp³-hybridized carbons (Fsp3) is 0.667. The molecule has 324 valence electrons. The zero-order chi connectivity index (χ0) is 43.0. The van der Waals surface area contributed by atoms with Gasteiger partial charge in [-0.05, 0) is 62.0 Å². The van der Waals surface area contributed by atoms with Gasteiger partial charge in [-0.3, -0.25) is 28.8 Å². The van der Waals surface area contributed by atoms with Crippen molar-refractivity contribution in [1.29, 1.82) is 0 Å². The standard InChI is InChI=1S/C19H28N4O5.C17H20F2N2O2.C4H10.C2H6O/c1-3-12-7-8-23(15(25)10-20-11-24)16(12)17(26)21-19(9-13(19)4-2)18(27)22-28-14-5-6-14;1-23-12-7-8-13-14(10-12)21-16(22)15(20-13)17(18,19)9-3-2-4-11-5-6-11;1-4(2)3;1-3-2/h4,11-14,16H,2-3,5-10H2,1H3,(H,20,24)(H,21,26)(H,22,27);7-8,10-11H,2-6,9H2,1H3,(H,21,22);4H,1-3H3;1-2H3. The molecule has 4 amide bonds. The minimum atomic E-state index is -3.20. The van der Waals surface area contributed by atoms with E-state index >= 15 is 0 Å². The van der Waals surface area contributed by atoms with E-state index in [1.807, 2.05) is 6.92 Å². The summed E-state index contributed by atoms with van der Waals surface area (Å²) in [7, 11) is 4.75. The molecule has 4 atom stereocenters. The van der Waals surface area contributed by atoms with E-state index in [2.05, 4.69) is 58.2 Å². The molecule has 4 fully saturated rings. The lowest BCUT2D eigenvalue weighted by Crippen LogP contribution is -2.57. The Hall–Kier alpha value is -4.44. The first-order valence-electron chi connectivity index (χ1n) is 20.3. The number of carbonyl (C=O) groups is 4. The number of ether oxygens (including phenoxy) is 2. The molecule has 1 aliphatic heterocycles. The number of amides is 4.